The van der Waals surface area contributed by atoms with Crippen molar-refractivity contribution in [1.82, 2.24) is 4.31 Å². The van der Waals surface area contributed by atoms with Gasteiger partial charge in [0.2, 0.25) is 0 Å². The Kier molecular flexibility index (Phi) is 3.51. The van der Waals surface area contributed by atoms with Gasteiger partial charge in [0.05, 0.1) is 11.3 Å². The van der Waals surface area contributed by atoms with Crippen molar-refractivity contribution in [1.29, 1.82) is 0 Å². The smallest absolute Gasteiger partial charge is 0.337 e. The maximum Gasteiger partial charge on any atom is 0.337 e. The second kappa shape index (κ2) is 4.50. The summed E-state index contributed by atoms with van der Waals surface area (Å²) in [6, 6.07) is 5.80. The molecule has 0 fully saturated rings. The highest BCUT2D eigenvalue weighted by atomic mass is 32.2. The molecule has 2 N–H and O–H groups in total. The van der Waals surface area contributed by atoms with E-state index >= 15 is 0 Å². The molecule has 0 atom stereocenters. The van der Waals surface area contributed by atoms with E-state index in [-0.39, 0.29) is 11.3 Å². The number of hydrogen-bond donors (Lipinski definition) is 2. The quantitative estimate of drug-likeness (QED) is 0.812. The molecular formula is C9H12N2O4S. The molecule has 6 nitrogen and oxygen atoms in total. The van der Waals surface area contributed by atoms with Crippen LogP contribution >= 0.6 is 0 Å². The average molecular weight is 244 g/mol. The lowest BCUT2D eigenvalue weighted by atomic mass is 10.2. The van der Waals surface area contributed by atoms with Gasteiger partial charge in [-0.3, -0.25) is 4.72 Å². The molecule has 0 heterocycles. The molecule has 7 heteroatoms. The number of carboxylic acids is 1. The highest BCUT2D eigenvalue weighted by Gasteiger charge is 2.17. The Morgan fingerprint density at radius 3 is 2.38 bits per heavy atom. The lowest BCUT2D eigenvalue weighted by Crippen LogP contribution is -2.29. The van der Waals surface area contributed by atoms with Crippen molar-refractivity contribution >= 4 is 21.9 Å². The second-order valence-corrected chi connectivity index (χ2v) is 5.12. The summed E-state index contributed by atoms with van der Waals surface area (Å²) in [4.78, 5) is 10.8. The summed E-state index contributed by atoms with van der Waals surface area (Å²) in [5.41, 5.74) is -0.0448. The Bertz CT molecular complexity index is 496. The van der Waals surface area contributed by atoms with Gasteiger partial charge in [-0.1, -0.05) is 12.1 Å². The van der Waals surface area contributed by atoms with Crippen LogP contribution in [-0.2, 0) is 10.2 Å². The number of nitrogens with zero attached hydrogens (tertiary/aromatic N) is 1. The van der Waals surface area contributed by atoms with Crippen LogP contribution in [0.1, 0.15) is 10.4 Å². The van der Waals surface area contributed by atoms with E-state index in [9.17, 15) is 13.2 Å². The predicted octanol–water partition coefficient (Wildman–Crippen LogP) is 0.603. The van der Waals surface area contributed by atoms with Gasteiger partial charge in [-0.15, -0.1) is 0 Å². The van der Waals surface area contributed by atoms with Crippen LogP contribution in [0.4, 0.5) is 5.69 Å². The Labute approximate surface area is 93.7 Å². The fourth-order valence-electron chi connectivity index (χ4n) is 0.989. The minimum Gasteiger partial charge on any atom is -0.478 e. The predicted molar refractivity (Wildman–Crippen MR) is 59.6 cm³/mol. The summed E-state index contributed by atoms with van der Waals surface area (Å²) in [5, 5.41) is 8.85. The van der Waals surface area contributed by atoms with E-state index in [4.69, 9.17) is 5.11 Å². The first-order chi connectivity index (χ1) is 7.34. The Morgan fingerprint density at radius 1 is 1.31 bits per heavy atom. The fourth-order valence-corrected chi connectivity index (χ4v) is 1.63. The minimum absolute atomic E-state index is 0.0451. The first-order valence-electron chi connectivity index (χ1n) is 4.37. The number of hydrogen-bond acceptors (Lipinski definition) is 3. The standard InChI is InChI=1S/C9H12N2O4S/c1-11(2)16(14,15)10-8-6-4-3-5-7(8)9(12)13/h3-6,10H,1-2H3,(H,12,13). The molecule has 0 radical (unpaired) electrons. The number of anilines is 1. The van der Waals surface area contributed by atoms with E-state index in [2.05, 4.69) is 4.72 Å². The first kappa shape index (κ1) is 12.5. The van der Waals surface area contributed by atoms with Crippen LogP contribution < -0.4 is 4.72 Å². The van der Waals surface area contributed by atoms with Gasteiger partial charge in [0.1, 0.15) is 0 Å². The van der Waals surface area contributed by atoms with Crippen LogP contribution in [0.2, 0.25) is 0 Å². The van der Waals surface area contributed by atoms with Gasteiger partial charge in [0, 0.05) is 14.1 Å². The molecule has 88 valence electrons. The summed E-state index contributed by atoms with van der Waals surface area (Å²) in [6.07, 6.45) is 0. The van der Waals surface area contributed by atoms with Crippen molar-refractivity contribution in [3.63, 3.8) is 0 Å². The monoisotopic (exact) mass is 244 g/mol. The summed E-state index contributed by atoms with van der Waals surface area (Å²) in [7, 11) is -0.981. The Morgan fingerprint density at radius 2 is 1.88 bits per heavy atom. The van der Waals surface area contributed by atoms with Gasteiger partial charge >= 0.3 is 16.2 Å². The summed E-state index contributed by atoms with van der Waals surface area (Å²) >= 11 is 0. The van der Waals surface area contributed by atoms with Gasteiger partial charge in [0.15, 0.2) is 0 Å². The average Bonchev–Trinajstić information content (AvgIpc) is 2.17. The molecule has 1 aromatic carbocycles. The third-order valence-corrected chi connectivity index (χ3v) is 3.32. The number of nitrogens with one attached hydrogen (secondary N) is 1. The number of benzene rings is 1. The van der Waals surface area contributed by atoms with E-state index in [0.717, 1.165) is 4.31 Å². The Hall–Kier alpha value is -1.60. The van der Waals surface area contributed by atoms with Crippen molar-refractivity contribution < 1.29 is 18.3 Å². The largest absolute Gasteiger partial charge is 0.478 e. The van der Waals surface area contributed by atoms with Crippen LogP contribution in [0.5, 0.6) is 0 Å². The zero-order valence-electron chi connectivity index (χ0n) is 8.84. The van der Waals surface area contributed by atoms with Crippen LogP contribution in [0.25, 0.3) is 0 Å². The second-order valence-electron chi connectivity index (χ2n) is 3.24. The molecule has 0 saturated carbocycles. The van der Waals surface area contributed by atoms with Crippen LogP contribution in [0.15, 0.2) is 24.3 Å². The van der Waals surface area contributed by atoms with E-state index in [1.165, 1.54) is 32.3 Å². The maximum atomic E-state index is 11.5. The molecule has 0 aliphatic carbocycles. The molecule has 0 aliphatic heterocycles. The molecule has 0 saturated heterocycles. The molecule has 0 aromatic heterocycles. The van der Waals surface area contributed by atoms with Crippen LogP contribution in [-0.4, -0.2) is 37.9 Å². The van der Waals surface area contributed by atoms with Gasteiger partial charge in [-0.25, -0.2) is 4.79 Å². The highest BCUT2D eigenvalue weighted by molar-refractivity contribution is 7.90. The summed E-state index contributed by atoms with van der Waals surface area (Å²) in [6.45, 7) is 0. The molecule has 0 bridgehead atoms. The number of carboxylic acid groups (broad SMARTS) is 1. The molecule has 1 aromatic rings. The number of aromatic carboxylic acids is 1. The van der Waals surface area contributed by atoms with Gasteiger partial charge in [-0.05, 0) is 12.1 Å². The van der Waals surface area contributed by atoms with E-state index in [1.54, 1.807) is 6.07 Å². The molecule has 0 aliphatic rings. The number of carbonyl (C=O) groups is 1. The molecule has 0 unspecified atom stereocenters. The number of rotatable bonds is 4. The van der Waals surface area contributed by atoms with Gasteiger partial charge in [-0.2, -0.15) is 12.7 Å². The SMILES string of the molecule is CN(C)S(=O)(=O)Nc1ccccc1C(=O)O. The summed E-state index contributed by atoms with van der Waals surface area (Å²) < 4.78 is 26.1. The molecule has 1 rings (SSSR count). The normalized spacial score (nSPS) is 11.4. The third kappa shape index (κ3) is 2.71. The zero-order valence-corrected chi connectivity index (χ0v) is 9.65. The zero-order chi connectivity index (χ0) is 12.3. The Balaban J connectivity index is 3.12. The number of para-hydroxylation sites is 1. The van der Waals surface area contributed by atoms with E-state index in [1.807, 2.05) is 0 Å². The van der Waals surface area contributed by atoms with Gasteiger partial charge < -0.3 is 5.11 Å². The topological polar surface area (TPSA) is 86.7 Å². The fraction of sp³-hybridized carbons (Fsp3) is 0.222. The lowest BCUT2D eigenvalue weighted by Gasteiger charge is -2.14. The first-order valence-corrected chi connectivity index (χ1v) is 5.81. The molecular weight excluding hydrogens is 232 g/mol. The molecule has 0 amide bonds. The molecule has 16 heavy (non-hydrogen) atoms. The van der Waals surface area contributed by atoms with Gasteiger partial charge in [0.25, 0.3) is 0 Å². The minimum atomic E-state index is -3.69. The van der Waals surface area contributed by atoms with Crippen molar-refractivity contribution in [3.05, 3.63) is 29.8 Å². The third-order valence-electron chi connectivity index (χ3n) is 1.88. The van der Waals surface area contributed by atoms with Crippen molar-refractivity contribution in [3.8, 4) is 0 Å². The lowest BCUT2D eigenvalue weighted by molar-refractivity contribution is 0.0698. The van der Waals surface area contributed by atoms with Crippen molar-refractivity contribution in [2.75, 3.05) is 18.8 Å². The van der Waals surface area contributed by atoms with Crippen LogP contribution in [0.3, 0.4) is 0 Å². The maximum absolute atomic E-state index is 11.5. The summed E-state index contributed by atoms with van der Waals surface area (Å²) in [5.74, 6) is -1.18. The van der Waals surface area contributed by atoms with Crippen molar-refractivity contribution in [2.45, 2.75) is 0 Å². The van der Waals surface area contributed by atoms with E-state index < -0.39 is 16.2 Å². The van der Waals surface area contributed by atoms with Crippen molar-refractivity contribution in [2.24, 2.45) is 0 Å². The highest BCUT2D eigenvalue weighted by Crippen LogP contribution is 2.16. The molecule has 0 spiro atoms. The van der Waals surface area contributed by atoms with E-state index in [0.29, 0.717) is 0 Å². The van der Waals surface area contributed by atoms with Crippen LogP contribution in [0, 0.1) is 0 Å².